The number of anilines is 2. The summed E-state index contributed by atoms with van der Waals surface area (Å²) in [7, 11) is 0. The first-order valence-corrected chi connectivity index (χ1v) is 9.07. The summed E-state index contributed by atoms with van der Waals surface area (Å²) in [4.78, 5) is 27.9. The molecule has 3 heterocycles. The number of amides is 2. The molecule has 26 heavy (non-hydrogen) atoms. The highest BCUT2D eigenvalue weighted by Gasteiger charge is 2.30. The lowest BCUT2D eigenvalue weighted by Gasteiger charge is -2.27. The molecule has 9 heteroatoms. The van der Waals surface area contributed by atoms with Gasteiger partial charge in [0, 0.05) is 23.4 Å². The van der Waals surface area contributed by atoms with Gasteiger partial charge in [0.1, 0.15) is 6.54 Å². The molecule has 0 fully saturated rings. The van der Waals surface area contributed by atoms with Crippen molar-refractivity contribution in [1.82, 2.24) is 20.2 Å². The highest BCUT2D eigenvalue weighted by molar-refractivity contribution is 7.08. The van der Waals surface area contributed by atoms with Gasteiger partial charge in [0.2, 0.25) is 11.7 Å². The highest BCUT2D eigenvalue weighted by Crippen LogP contribution is 2.31. The Morgan fingerprint density at radius 3 is 3.00 bits per heavy atom. The summed E-state index contributed by atoms with van der Waals surface area (Å²) in [6.45, 7) is 1.80. The molecular weight excluding hydrogens is 352 g/mol. The molecule has 8 nitrogen and oxygen atoms in total. The lowest BCUT2D eigenvalue weighted by atomic mass is 10.1. The van der Waals surface area contributed by atoms with Gasteiger partial charge >= 0.3 is 0 Å². The van der Waals surface area contributed by atoms with Gasteiger partial charge in [0.05, 0.1) is 11.4 Å². The first-order chi connectivity index (χ1) is 12.6. The van der Waals surface area contributed by atoms with E-state index in [1.54, 1.807) is 22.3 Å². The summed E-state index contributed by atoms with van der Waals surface area (Å²) < 4.78 is 0. The molecule has 0 saturated carbocycles. The number of para-hydroxylation sites is 2. The van der Waals surface area contributed by atoms with Gasteiger partial charge in [0.15, 0.2) is 0 Å². The summed E-state index contributed by atoms with van der Waals surface area (Å²) in [5.41, 5.74) is 2.17. The molecule has 1 atom stereocenters. The molecule has 2 aromatic heterocycles. The van der Waals surface area contributed by atoms with Crippen molar-refractivity contribution in [3.8, 4) is 11.4 Å². The van der Waals surface area contributed by atoms with E-state index in [0.717, 1.165) is 5.56 Å². The van der Waals surface area contributed by atoms with Crippen LogP contribution < -0.4 is 10.2 Å². The second kappa shape index (κ2) is 6.68. The highest BCUT2D eigenvalue weighted by atomic mass is 32.1. The predicted octanol–water partition coefficient (Wildman–Crippen LogP) is 2.17. The number of hydrogen-bond donors (Lipinski definition) is 1. The van der Waals surface area contributed by atoms with E-state index in [-0.39, 0.29) is 30.8 Å². The number of aromatic nitrogens is 4. The lowest BCUT2D eigenvalue weighted by Crippen LogP contribution is -2.41. The number of carbonyl (C=O) groups excluding carboxylic acids is 2. The van der Waals surface area contributed by atoms with Gasteiger partial charge in [-0.2, -0.15) is 16.1 Å². The van der Waals surface area contributed by atoms with Crippen LogP contribution in [0.15, 0.2) is 41.1 Å². The Morgan fingerprint density at radius 2 is 2.19 bits per heavy atom. The van der Waals surface area contributed by atoms with E-state index in [0.29, 0.717) is 17.2 Å². The Kier molecular flexibility index (Phi) is 4.21. The molecule has 1 N–H and O–H groups in total. The number of thiophene rings is 1. The molecule has 2 amide bonds. The van der Waals surface area contributed by atoms with Crippen LogP contribution in [0, 0.1) is 0 Å². The van der Waals surface area contributed by atoms with Crippen molar-refractivity contribution in [2.45, 2.75) is 25.9 Å². The predicted molar refractivity (Wildman–Crippen MR) is 97.8 cm³/mol. The third-order valence-electron chi connectivity index (χ3n) is 4.14. The van der Waals surface area contributed by atoms with Crippen LogP contribution in [-0.2, 0) is 16.1 Å². The summed E-state index contributed by atoms with van der Waals surface area (Å²) >= 11 is 1.54. The first-order valence-electron chi connectivity index (χ1n) is 8.13. The monoisotopic (exact) mass is 368 g/mol. The quantitative estimate of drug-likeness (QED) is 0.765. The van der Waals surface area contributed by atoms with Crippen LogP contribution in [-0.4, -0.2) is 38.1 Å². The third-order valence-corrected chi connectivity index (χ3v) is 4.82. The number of fused-ring (bicyclic) bond motifs is 1. The summed E-state index contributed by atoms with van der Waals surface area (Å²) in [5, 5.41) is 19.0. The molecular formula is C17H16N6O2S. The van der Waals surface area contributed by atoms with Gasteiger partial charge in [-0.25, -0.2) is 0 Å². The number of rotatable bonds is 3. The molecule has 0 radical (unpaired) electrons. The smallest absolute Gasteiger partial charge is 0.250 e. The average Bonchev–Trinajstić information content (AvgIpc) is 3.25. The second-order valence-corrected chi connectivity index (χ2v) is 6.82. The van der Waals surface area contributed by atoms with Gasteiger partial charge in [-0.1, -0.05) is 12.1 Å². The number of nitrogens with one attached hydrogen (secondary N) is 1. The van der Waals surface area contributed by atoms with E-state index in [4.69, 9.17) is 0 Å². The van der Waals surface area contributed by atoms with Crippen LogP contribution in [0.3, 0.4) is 0 Å². The van der Waals surface area contributed by atoms with Gasteiger partial charge in [-0.15, -0.1) is 10.2 Å². The van der Waals surface area contributed by atoms with Crippen molar-refractivity contribution < 1.29 is 9.59 Å². The minimum absolute atomic E-state index is 0.0516. The summed E-state index contributed by atoms with van der Waals surface area (Å²) in [6, 6.07) is 8.90. The first kappa shape index (κ1) is 16.4. The molecule has 132 valence electrons. The standard InChI is InChI=1S/C17H16N6O2S/c1-11-8-15(24)18-13-4-2-3-5-14(13)23(11)16(25)9-22-20-17(19-21-22)12-6-7-26-10-12/h2-7,10-11H,8-9H2,1H3,(H,18,24)/t11-/m0/s1. The van der Waals surface area contributed by atoms with Crippen LogP contribution in [0.4, 0.5) is 11.4 Å². The SMILES string of the molecule is C[C@H]1CC(=O)Nc2ccccc2N1C(=O)Cn1nnc(-c2ccsc2)n1. The van der Waals surface area contributed by atoms with Crippen LogP contribution in [0.25, 0.3) is 11.4 Å². The molecule has 0 unspecified atom stereocenters. The van der Waals surface area contributed by atoms with Crippen molar-refractivity contribution in [1.29, 1.82) is 0 Å². The van der Waals surface area contributed by atoms with Gasteiger partial charge < -0.3 is 10.2 Å². The van der Waals surface area contributed by atoms with Gasteiger partial charge in [-0.05, 0) is 35.7 Å². The molecule has 0 spiro atoms. The molecule has 0 saturated heterocycles. The van der Waals surface area contributed by atoms with Crippen molar-refractivity contribution >= 4 is 34.5 Å². The van der Waals surface area contributed by atoms with Crippen LogP contribution >= 0.6 is 11.3 Å². The molecule has 0 bridgehead atoms. The molecule has 3 aromatic rings. The maximum Gasteiger partial charge on any atom is 0.250 e. The van der Waals surface area contributed by atoms with E-state index in [2.05, 4.69) is 20.7 Å². The van der Waals surface area contributed by atoms with Gasteiger partial charge in [0.25, 0.3) is 5.91 Å². The van der Waals surface area contributed by atoms with Crippen molar-refractivity contribution in [3.63, 3.8) is 0 Å². The average molecular weight is 368 g/mol. The zero-order valence-electron chi connectivity index (χ0n) is 14.0. The third kappa shape index (κ3) is 3.08. The molecule has 4 rings (SSSR count). The minimum atomic E-state index is -0.272. The molecule has 0 aliphatic carbocycles. The Hall–Kier alpha value is -3.07. The van der Waals surface area contributed by atoms with Crippen LogP contribution in [0.5, 0.6) is 0 Å². The normalized spacial score (nSPS) is 16.7. The fourth-order valence-electron chi connectivity index (χ4n) is 2.98. The Balaban J connectivity index is 1.60. The van der Waals surface area contributed by atoms with E-state index >= 15 is 0 Å². The lowest BCUT2D eigenvalue weighted by molar-refractivity contribution is -0.120. The Bertz CT molecular complexity index is 952. The fraction of sp³-hybridized carbons (Fsp3) is 0.235. The fourth-order valence-corrected chi connectivity index (χ4v) is 3.62. The maximum atomic E-state index is 13.0. The van der Waals surface area contributed by atoms with Crippen molar-refractivity contribution in [2.75, 3.05) is 10.2 Å². The van der Waals surface area contributed by atoms with Crippen molar-refractivity contribution in [2.24, 2.45) is 0 Å². The largest absolute Gasteiger partial charge is 0.324 e. The topological polar surface area (TPSA) is 93.0 Å². The summed E-state index contributed by atoms with van der Waals surface area (Å²) in [5.74, 6) is 0.176. The molecule has 1 aliphatic heterocycles. The number of tetrazole rings is 1. The van der Waals surface area contributed by atoms with E-state index in [1.807, 2.05) is 41.9 Å². The Labute approximate surface area is 153 Å². The number of carbonyl (C=O) groups is 2. The Morgan fingerprint density at radius 1 is 1.35 bits per heavy atom. The molecule has 1 aliphatic rings. The maximum absolute atomic E-state index is 13.0. The van der Waals surface area contributed by atoms with Gasteiger partial charge in [-0.3, -0.25) is 9.59 Å². The van der Waals surface area contributed by atoms with Crippen LogP contribution in [0.1, 0.15) is 13.3 Å². The zero-order chi connectivity index (χ0) is 18.1. The number of nitrogens with zero attached hydrogens (tertiary/aromatic N) is 5. The second-order valence-electron chi connectivity index (χ2n) is 6.04. The van der Waals surface area contributed by atoms with E-state index in [1.165, 1.54) is 4.80 Å². The summed E-state index contributed by atoms with van der Waals surface area (Å²) in [6.07, 6.45) is 0.228. The minimum Gasteiger partial charge on any atom is -0.324 e. The number of hydrogen-bond acceptors (Lipinski definition) is 6. The van der Waals surface area contributed by atoms with Crippen LogP contribution in [0.2, 0.25) is 0 Å². The number of benzene rings is 1. The van der Waals surface area contributed by atoms with E-state index in [9.17, 15) is 9.59 Å². The van der Waals surface area contributed by atoms with E-state index < -0.39 is 0 Å². The zero-order valence-corrected chi connectivity index (χ0v) is 14.8. The van der Waals surface area contributed by atoms with Crippen molar-refractivity contribution in [3.05, 3.63) is 41.1 Å². The molecule has 1 aromatic carbocycles.